The summed E-state index contributed by atoms with van der Waals surface area (Å²) >= 11 is 0. The molecule has 16 heavy (non-hydrogen) atoms. The molecule has 0 bridgehead atoms. The van der Waals surface area contributed by atoms with Crippen molar-refractivity contribution < 1.29 is 14.6 Å². The Morgan fingerprint density at radius 3 is 2.81 bits per heavy atom. The van der Waals surface area contributed by atoms with Crippen molar-refractivity contribution in [3.63, 3.8) is 0 Å². The minimum atomic E-state index is -0.0982. The number of ether oxygens (including phenoxy) is 1. The Hall–Kier alpha value is -1.75. The van der Waals surface area contributed by atoms with Crippen molar-refractivity contribution in [2.24, 2.45) is 0 Å². The van der Waals surface area contributed by atoms with Crippen LogP contribution >= 0.6 is 0 Å². The molecule has 3 N–H and O–H groups in total. The number of benzene rings is 1. The summed E-state index contributed by atoms with van der Waals surface area (Å²) in [4.78, 5) is 11.4. The fourth-order valence-electron chi connectivity index (χ4n) is 1.23. The molecule has 1 aromatic carbocycles. The van der Waals surface area contributed by atoms with Crippen LogP contribution in [0.25, 0.3) is 0 Å². The predicted octanol–water partition coefficient (Wildman–Crippen LogP) is 0.949. The van der Waals surface area contributed by atoms with Gasteiger partial charge in [0.15, 0.2) is 11.5 Å². The highest BCUT2D eigenvalue weighted by Gasteiger charge is 2.05. The molecular formula is C11H16N2O3. The van der Waals surface area contributed by atoms with Gasteiger partial charge in [0.05, 0.1) is 7.11 Å². The molecule has 0 saturated heterocycles. The van der Waals surface area contributed by atoms with Crippen molar-refractivity contribution in [3.05, 3.63) is 18.2 Å². The molecule has 88 valence electrons. The Bertz CT molecular complexity index is 366. The summed E-state index contributed by atoms with van der Waals surface area (Å²) in [5.41, 5.74) is 0.555. The monoisotopic (exact) mass is 224 g/mol. The molecule has 1 rings (SSSR count). The summed E-state index contributed by atoms with van der Waals surface area (Å²) in [7, 11) is 3.26. The van der Waals surface area contributed by atoms with Crippen LogP contribution in [0.1, 0.15) is 6.42 Å². The maximum absolute atomic E-state index is 11.4. The van der Waals surface area contributed by atoms with Crippen molar-refractivity contribution in [2.45, 2.75) is 6.42 Å². The van der Waals surface area contributed by atoms with Crippen molar-refractivity contribution >= 4 is 11.6 Å². The Morgan fingerprint density at radius 2 is 2.25 bits per heavy atom. The molecule has 5 nitrogen and oxygen atoms in total. The second-order valence-corrected chi connectivity index (χ2v) is 3.29. The largest absolute Gasteiger partial charge is 0.504 e. The first-order chi connectivity index (χ1) is 7.67. The summed E-state index contributed by atoms with van der Waals surface area (Å²) in [5, 5.41) is 15.0. The third-order valence-electron chi connectivity index (χ3n) is 2.06. The number of phenolic OH excluding ortho intramolecular Hbond substituents is 1. The SMILES string of the molecule is CNCCC(=O)Nc1ccc(OC)c(O)c1. The van der Waals surface area contributed by atoms with Crippen LogP contribution in [0.2, 0.25) is 0 Å². The van der Waals surface area contributed by atoms with Gasteiger partial charge in [-0.1, -0.05) is 0 Å². The van der Waals surface area contributed by atoms with Crippen molar-refractivity contribution in [2.75, 3.05) is 26.0 Å². The van der Waals surface area contributed by atoms with Crippen LogP contribution in [0.15, 0.2) is 18.2 Å². The lowest BCUT2D eigenvalue weighted by atomic mass is 10.2. The third-order valence-corrected chi connectivity index (χ3v) is 2.06. The fraction of sp³-hybridized carbons (Fsp3) is 0.364. The van der Waals surface area contributed by atoms with E-state index in [1.54, 1.807) is 19.2 Å². The van der Waals surface area contributed by atoms with E-state index in [1.807, 2.05) is 0 Å². The van der Waals surface area contributed by atoms with Crippen LogP contribution in [0, 0.1) is 0 Å². The normalized spacial score (nSPS) is 9.88. The topological polar surface area (TPSA) is 70.6 Å². The molecule has 0 spiro atoms. The summed E-state index contributed by atoms with van der Waals surface area (Å²) in [6, 6.07) is 4.73. The number of carbonyl (C=O) groups excluding carboxylic acids is 1. The number of nitrogens with one attached hydrogen (secondary N) is 2. The van der Waals surface area contributed by atoms with Crippen LogP contribution < -0.4 is 15.4 Å². The summed E-state index contributed by atoms with van der Waals surface area (Å²) < 4.78 is 4.90. The first kappa shape index (κ1) is 12.3. The summed E-state index contributed by atoms with van der Waals surface area (Å²) in [6.07, 6.45) is 0.392. The van der Waals surface area contributed by atoms with Gasteiger partial charge in [-0.25, -0.2) is 0 Å². The number of phenols is 1. The molecule has 5 heteroatoms. The number of rotatable bonds is 5. The van der Waals surface area contributed by atoms with E-state index < -0.39 is 0 Å². The summed E-state index contributed by atoms with van der Waals surface area (Å²) in [5.74, 6) is 0.293. The second kappa shape index (κ2) is 5.97. The van der Waals surface area contributed by atoms with Crippen molar-refractivity contribution in [3.8, 4) is 11.5 Å². The molecule has 0 heterocycles. The molecule has 0 aliphatic rings. The van der Waals surface area contributed by atoms with E-state index in [4.69, 9.17) is 4.74 Å². The number of carbonyl (C=O) groups is 1. The molecule has 0 saturated carbocycles. The van der Waals surface area contributed by atoms with Gasteiger partial charge in [-0.2, -0.15) is 0 Å². The van der Waals surface area contributed by atoms with Crippen LogP contribution in [-0.4, -0.2) is 31.7 Å². The summed E-state index contributed by atoms with van der Waals surface area (Å²) in [6.45, 7) is 0.619. The Morgan fingerprint density at radius 1 is 1.50 bits per heavy atom. The zero-order chi connectivity index (χ0) is 12.0. The number of aromatic hydroxyl groups is 1. The molecule has 0 fully saturated rings. The quantitative estimate of drug-likeness (QED) is 0.696. The lowest BCUT2D eigenvalue weighted by Gasteiger charge is -2.07. The lowest BCUT2D eigenvalue weighted by Crippen LogP contribution is -2.18. The van der Waals surface area contributed by atoms with Gasteiger partial charge in [-0.15, -0.1) is 0 Å². The number of hydrogen-bond acceptors (Lipinski definition) is 4. The van der Waals surface area contributed by atoms with Gasteiger partial charge in [-0.05, 0) is 19.2 Å². The maximum Gasteiger partial charge on any atom is 0.225 e. The van der Waals surface area contributed by atoms with E-state index in [0.29, 0.717) is 24.4 Å². The van der Waals surface area contributed by atoms with Crippen LogP contribution in [0.4, 0.5) is 5.69 Å². The standard InChI is InChI=1S/C11H16N2O3/c1-12-6-5-11(15)13-8-3-4-10(16-2)9(14)7-8/h3-4,7,12,14H,5-6H2,1-2H3,(H,13,15). The zero-order valence-corrected chi connectivity index (χ0v) is 9.41. The molecular weight excluding hydrogens is 208 g/mol. The molecule has 1 amide bonds. The van der Waals surface area contributed by atoms with E-state index in [9.17, 15) is 9.90 Å². The minimum Gasteiger partial charge on any atom is -0.504 e. The fourth-order valence-corrected chi connectivity index (χ4v) is 1.23. The Balaban J connectivity index is 2.61. The highest BCUT2D eigenvalue weighted by atomic mass is 16.5. The highest BCUT2D eigenvalue weighted by molar-refractivity contribution is 5.91. The molecule has 1 aromatic rings. The smallest absolute Gasteiger partial charge is 0.225 e. The van der Waals surface area contributed by atoms with Gasteiger partial charge >= 0.3 is 0 Å². The maximum atomic E-state index is 11.4. The van der Waals surface area contributed by atoms with Gasteiger partial charge in [0.25, 0.3) is 0 Å². The van der Waals surface area contributed by atoms with Crippen LogP contribution in [0.3, 0.4) is 0 Å². The number of methoxy groups -OCH3 is 1. The Labute approximate surface area is 94.4 Å². The van der Waals surface area contributed by atoms with Gasteiger partial charge < -0.3 is 20.5 Å². The van der Waals surface area contributed by atoms with Crippen LogP contribution in [0.5, 0.6) is 11.5 Å². The average Bonchev–Trinajstić information content (AvgIpc) is 2.26. The van der Waals surface area contributed by atoms with E-state index in [1.165, 1.54) is 13.2 Å². The van der Waals surface area contributed by atoms with Gasteiger partial charge in [0, 0.05) is 24.7 Å². The first-order valence-electron chi connectivity index (χ1n) is 4.99. The zero-order valence-electron chi connectivity index (χ0n) is 9.41. The molecule has 0 aliphatic carbocycles. The van der Waals surface area contributed by atoms with Crippen LogP contribution in [-0.2, 0) is 4.79 Å². The Kier molecular flexibility index (Phi) is 4.60. The van der Waals surface area contributed by atoms with Crippen molar-refractivity contribution in [1.82, 2.24) is 5.32 Å². The van der Waals surface area contributed by atoms with Gasteiger partial charge in [0.2, 0.25) is 5.91 Å². The third kappa shape index (κ3) is 3.43. The van der Waals surface area contributed by atoms with Gasteiger partial charge in [-0.3, -0.25) is 4.79 Å². The lowest BCUT2D eigenvalue weighted by molar-refractivity contribution is -0.116. The molecule has 0 unspecified atom stereocenters. The highest BCUT2D eigenvalue weighted by Crippen LogP contribution is 2.28. The van der Waals surface area contributed by atoms with E-state index in [-0.39, 0.29) is 11.7 Å². The molecule has 0 aliphatic heterocycles. The second-order valence-electron chi connectivity index (χ2n) is 3.29. The van der Waals surface area contributed by atoms with Gasteiger partial charge in [0.1, 0.15) is 0 Å². The van der Waals surface area contributed by atoms with E-state index in [0.717, 1.165) is 0 Å². The first-order valence-corrected chi connectivity index (χ1v) is 4.99. The average molecular weight is 224 g/mol. The molecule has 0 aromatic heterocycles. The molecule has 0 atom stereocenters. The van der Waals surface area contributed by atoms with E-state index in [2.05, 4.69) is 10.6 Å². The van der Waals surface area contributed by atoms with Crippen molar-refractivity contribution in [1.29, 1.82) is 0 Å². The minimum absolute atomic E-state index is 0.00826. The number of hydrogen-bond donors (Lipinski definition) is 3. The number of amides is 1. The predicted molar refractivity (Wildman–Crippen MR) is 61.8 cm³/mol. The molecule has 0 radical (unpaired) electrons. The van der Waals surface area contributed by atoms with E-state index >= 15 is 0 Å². The number of anilines is 1.